The van der Waals surface area contributed by atoms with E-state index in [1.165, 1.54) is 48.8 Å². The number of benzene rings is 2. The van der Waals surface area contributed by atoms with Crippen LogP contribution in [0.2, 0.25) is 0 Å². The van der Waals surface area contributed by atoms with Gasteiger partial charge in [0.25, 0.3) is 0 Å². The molecule has 0 saturated heterocycles. The second kappa shape index (κ2) is 17.9. The van der Waals surface area contributed by atoms with Crippen molar-refractivity contribution >= 4 is 35.3 Å². The molecule has 2 N–H and O–H groups in total. The number of aldehydes is 1. The number of nitrogens with zero attached hydrogens (tertiary/aromatic N) is 4. The minimum absolute atomic E-state index is 0. The Morgan fingerprint density at radius 2 is 1.90 bits per heavy atom. The molecule has 1 radical (unpaired) electrons. The summed E-state index contributed by atoms with van der Waals surface area (Å²) in [5, 5.41) is 9.54. The van der Waals surface area contributed by atoms with Gasteiger partial charge < -0.3 is 20.4 Å². The van der Waals surface area contributed by atoms with Gasteiger partial charge in [-0.1, -0.05) is 62.6 Å². The number of hydrogen-bond donors (Lipinski definition) is 2. The van der Waals surface area contributed by atoms with Crippen molar-refractivity contribution in [2.24, 2.45) is 9.98 Å². The van der Waals surface area contributed by atoms with Crippen molar-refractivity contribution in [3.8, 4) is 0 Å². The molecule has 8 heteroatoms. The van der Waals surface area contributed by atoms with E-state index in [-0.39, 0.29) is 0 Å². The summed E-state index contributed by atoms with van der Waals surface area (Å²) in [6.07, 6.45) is 12.0. The predicted molar refractivity (Wildman–Crippen MR) is 164 cm³/mol. The first-order chi connectivity index (χ1) is 18.4. The van der Waals surface area contributed by atoms with E-state index >= 15 is 0 Å². The van der Waals surface area contributed by atoms with Crippen molar-refractivity contribution in [3.63, 3.8) is 0 Å². The van der Waals surface area contributed by atoms with Gasteiger partial charge in [0.1, 0.15) is 12.1 Å². The minimum atomic E-state index is 0. The molecule has 1 heterocycles. The van der Waals surface area contributed by atoms with Crippen molar-refractivity contribution < 1.29 is 4.79 Å². The smallest absolute Gasteiger partial charge is 0.123 e. The fourth-order valence-electron chi connectivity index (χ4n) is 4.31. The van der Waals surface area contributed by atoms with Gasteiger partial charge in [-0.05, 0) is 49.5 Å². The van der Waals surface area contributed by atoms with E-state index in [0.717, 1.165) is 29.1 Å². The van der Waals surface area contributed by atoms with Gasteiger partial charge in [0.05, 0.1) is 12.6 Å². The van der Waals surface area contributed by atoms with Gasteiger partial charge in [-0.25, -0.2) is 5.43 Å². The van der Waals surface area contributed by atoms with Crippen LogP contribution in [0.3, 0.4) is 0 Å². The molecule has 7 nitrogen and oxygen atoms in total. The summed E-state index contributed by atoms with van der Waals surface area (Å²) in [5.74, 6) is 1.02. The van der Waals surface area contributed by atoms with Crippen molar-refractivity contribution in [2.75, 3.05) is 33.0 Å². The summed E-state index contributed by atoms with van der Waals surface area (Å²) in [4.78, 5) is 18.5. The predicted octanol–water partition coefficient (Wildman–Crippen LogP) is 6.91. The molecular formula is C31H45EsN6O-. The molecule has 0 aromatic heterocycles. The number of aliphatic imine (C=N–C) groups is 2. The van der Waals surface area contributed by atoms with Gasteiger partial charge in [0, 0.05) is 44.2 Å². The molecule has 2 aliphatic rings. The Morgan fingerprint density at radius 3 is 2.51 bits per heavy atom. The van der Waals surface area contributed by atoms with E-state index in [4.69, 9.17) is 4.99 Å². The summed E-state index contributed by atoms with van der Waals surface area (Å²) >= 11 is 0. The third-order valence-corrected chi connectivity index (χ3v) is 6.42. The zero-order chi connectivity index (χ0) is 27.8. The first-order valence-electron chi connectivity index (χ1n) is 13.6. The molecule has 4 rings (SSSR count). The van der Waals surface area contributed by atoms with Crippen LogP contribution < -0.4 is 10.7 Å². The summed E-state index contributed by atoms with van der Waals surface area (Å²) < 4.78 is 0. The molecule has 2 aromatic rings. The Kier molecular flexibility index (Phi) is 15.0. The quantitative estimate of drug-likeness (QED) is 0.247. The van der Waals surface area contributed by atoms with Gasteiger partial charge in [0.15, 0.2) is 0 Å². The first kappa shape index (κ1) is 32.6. The molecule has 0 bridgehead atoms. The number of benzodiazepines with no additional fused rings is 1. The summed E-state index contributed by atoms with van der Waals surface area (Å²) in [7, 11) is 5.69. The van der Waals surface area contributed by atoms with E-state index in [9.17, 15) is 4.79 Å². The monoisotopic (exact) mass is 769 g/mol. The molecule has 1 saturated carbocycles. The molecule has 0 unspecified atom stereocenters. The van der Waals surface area contributed by atoms with Gasteiger partial charge in [-0.3, -0.25) is 9.98 Å². The molecule has 0 spiro atoms. The number of carbonyl (C=O) groups is 1. The Bertz CT molecular complexity index is 1090. The summed E-state index contributed by atoms with van der Waals surface area (Å²) in [5.41, 5.74) is 10.1. The van der Waals surface area contributed by atoms with Crippen LogP contribution in [0, 0.1) is 6.92 Å². The van der Waals surface area contributed by atoms with Gasteiger partial charge in [-0.2, -0.15) is 0 Å². The Hall–Kier alpha value is -4.45. The SMILES string of the molecule is C1=NCC(=NC2CCCCC2)Nc2ccccc21.CCC=O.C[N-]c1ccc(/C(C)=C/N(C)NC)c(C)c1.[Es]. The molecular weight excluding hydrogens is 724 g/mol. The number of para-hydroxylation sites is 1. The molecule has 1 aliphatic heterocycles. The van der Waals surface area contributed by atoms with Crippen molar-refractivity contribution in [3.05, 3.63) is 70.7 Å². The maximum absolute atomic E-state index is 9.17. The maximum atomic E-state index is 9.17. The van der Waals surface area contributed by atoms with Crippen LogP contribution in [0.1, 0.15) is 69.1 Å². The van der Waals surface area contributed by atoms with E-state index in [1.54, 1.807) is 0 Å². The van der Waals surface area contributed by atoms with Crippen molar-refractivity contribution in [2.45, 2.75) is 65.3 Å². The third-order valence-electron chi connectivity index (χ3n) is 6.42. The fourth-order valence-corrected chi connectivity index (χ4v) is 4.31. The fraction of sp³-hybridized carbons (Fsp3) is 0.452. The van der Waals surface area contributed by atoms with Gasteiger partial charge in [0.2, 0.25) is 0 Å². The Morgan fingerprint density at radius 1 is 1.21 bits per heavy atom. The van der Waals surface area contributed by atoms with Crippen LogP contribution in [0.5, 0.6) is 0 Å². The molecule has 1 fully saturated rings. The zero-order valence-electron chi connectivity index (χ0n) is 24.3. The van der Waals surface area contributed by atoms with Crippen molar-refractivity contribution in [1.82, 2.24) is 10.4 Å². The van der Waals surface area contributed by atoms with E-state index in [2.05, 4.69) is 65.4 Å². The second-order valence-electron chi connectivity index (χ2n) is 9.49. The van der Waals surface area contributed by atoms with Gasteiger partial charge in [-0.15, -0.1) is 12.7 Å². The number of aryl methyl sites for hydroxylation is 1. The number of rotatable bonds is 6. The van der Waals surface area contributed by atoms with Crippen molar-refractivity contribution in [1.29, 1.82) is 0 Å². The van der Waals surface area contributed by atoms with E-state index < -0.39 is 0 Å². The largest absolute Gasteiger partial charge is 0.687 e. The topological polar surface area (TPSA) is 83.2 Å². The minimum Gasteiger partial charge on any atom is -0.687 e. The van der Waals surface area contributed by atoms with E-state index in [0.29, 0.717) is 19.0 Å². The molecule has 39 heavy (non-hydrogen) atoms. The van der Waals surface area contributed by atoms with Crippen LogP contribution in [0.4, 0.5) is 11.4 Å². The normalized spacial score (nSPS) is 15.6. The Balaban J connectivity index is 0.000000338. The average Bonchev–Trinajstić information content (AvgIpc) is 3.15. The molecule has 0 amide bonds. The first-order valence-corrected chi connectivity index (χ1v) is 13.6. The molecule has 0 atom stereocenters. The summed E-state index contributed by atoms with van der Waals surface area (Å²) in [6.45, 7) is 6.71. The maximum Gasteiger partial charge on any atom is 0.123 e. The van der Waals surface area contributed by atoms with Crippen LogP contribution in [0.25, 0.3) is 10.9 Å². The third kappa shape index (κ3) is 11.2. The average molecular weight is 770 g/mol. The standard InChI is InChI=1S/C15H19N3.C13H20N3.C3H6O.Es/c1-2-7-13(8-3-1)17-15-11-16-10-12-6-4-5-9-14(12)18-15;1-10-8-12(14-3)6-7-13(10)11(2)9-16(5)15-4;1-2-3-4;/h4-6,9-10,13H,1-3,7-8,11H2,(H,17,18);6-9,15H,1-5H3;3H,2H2,1H3;/q;-1;;/b;11-9+;;. The number of carbonyl (C=O) groups excluding carboxylic acids is 1. The van der Waals surface area contributed by atoms with Crippen LogP contribution in [-0.4, -0.2) is 57.1 Å². The van der Waals surface area contributed by atoms with E-state index in [1.807, 2.05) is 57.5 Å². The number of anilines is 1. The number of allylic oxidation sites excluding steroid dienone is 1. The van der Waals surface area contributed by atoms with Gasteiger partial charge >= 0.3 is 0 Å². The second-order valence-corrected chi connectivity index (χ2v) is 9.49. The molecule has 217 valence electrons. The summed E-state index contributed by atoms with van der Waals surface area (Å²) in [6, 6.07) is 15.0. The molecule has 2 aromatic carbocycles. The number of hydrazine groups is 1. The number of fused-ring (bicyclic) bond motifs is 1. The number of hydrogen-bond acceptors (Lipinski definition) is 5. The number of nitrogens with one attached hydrogen (secondary N) is 2. The zero-order valence-corrected chi connectivity index (χ0v) is 26.8. The number of amidine groups is 1. The van der Waals surface area contributed by atoms with Crippen LogP contribution >= 0.6 is 0 Å². The van der Waals surface area contributed by atoms with Crippen LogP contribution in [0.15, 0.2) is 58.6 Å². The Labute approximate surface area is 229 Å². The van der Waals surface area contributed by atoms with Crippen LogP contribution in [-0.2, 0) is 4.79 Å². The molecule has 1 aliphatic carbocycles.